The molecule has 0 aliphatic carbocycles. The lowest BCUT2D eigenvalue weighted by atomic mass is 10.2. The largest absolute Gasteiger partial charge is 0.347 e. The summed E-state index contributed by atoms with van der Waals surface area (Å²) in [5.74, 6) is -0.134. The second-order valence-corrected chi connectivity index (χ2v) is 4.84. The van der Waals surface area contributed by atoms with Gasteiger partial charge in [-0.25, -0.2) is 0 Å². The number of rotatable bonds is 4. The normalized spacial score (nSPS) is 10.6. The number of benzene rings is 1. The van der Waals surface area contributed by atoms with Crippen molar-refractivity contribution in [3.05, 3.63) is 70.5 Å². The highest BCUT2D eigenvalue weighted by Crippen LogP contribution is 2.12. The minimum absolute atomic E-state index is 0.134. The number of carbonyl (C=O) groups excluding carboxylic acids is 1. The third-order valence-electron chi connectivity index (χ3n) is 2.45. The molecule has 3 nitrogen and oxygen atoms in total. The standard InChI is InChI=1S/C15H13BrN2O/c16-13-5-3-4-12(10-13)7-8-15(19)18-11-14-6-1-2-9-17-14/h1-10H,11H2,(H,18,19). The Bertz CT molecular complexity index is 582. The summed E-state index contributed by atoms with van der Waals surface area (Å²) < 4.78 is 0.989. The fourth-order valence-electron chi connectivity index (χ4n) is 1.52. The average molecular weight is 317 g/mol. The van der Waals surface area contributed by atoms with E-state index in [-0.39, 0.29) is 5.91 Å². The van der Waals surface area contributed by atoms with E-state index in [0.29, 0.717) is 6.54 Å². The number of amides is 1. The molecule has 96 valence electrons. The van der Waals surface area contributed by atoms with E-state index in [4.69, 9.17) is 0 Å². The summed E-state index contributed by atoms with van der Waals surface area (Å²) in [7, 11) is 0. The monoisotopic (exact) mass is 316 g/mol. The molecule has 1 aromatic heterocycles. The molecule has 2 rings (SSSR count). The van der Waals surface area contributed by atoms with Gasteiger partial charge in [0.05, 0.1) is 12.2 Å². The summed E-state index contributed by atoms with van der Waals surface area (Å²) in [6.07, 6.45) is 5.00. The van der Waals surface area contributed by atoms with Crippen LogP contribution in [0.2, 0.25) is 0 Å². The Morgan fingerprint density at radius 1 is 1.26 bits per heavy atom. The van der Waals surface area contributed by atoms with Crippen LogP contribution in [0.1, 0.15) is 11.3 Å². The fraction of sp³-hybridized carbons (Fsp3) is 0.0667. The molecule has 0 spiro atoms. The summed E-state index contributed by atoms with van der Waals surface area (Å²) in [5.41, 5.74) is 1.81. The van der Waals surface area contributed by atoms with Gasteiger partial charge in [0.25, 0.3) is 0 Å². The van der Waals surface area contributed by atoms with Gasteiger partial charge in [0.15, 0.2) is 0 Å². The van der Waals surface area contributed by atoms with Crippen LogP contribution < -0.4 is 5.32 Å². The van der Waals surface area contributed by atoms with Crippen LogP contribution in [0, 0.1) is 0 Å². The summed E-state index contributed by atoms with van der Waals surface area (Å²) in [5, 5.41) is 2.78. The number of nitrogens with one attached hydrogen (secondary N) is 1. The molecule has 0 bridgehead atoms. The van der Waals surface area contributed by atoms with Crippen LogP contribution in [0.3, 0.4) is 0 Å². The minimum Gasteiger partial charge on any atom is -0.347 e. The molecule has 1 aromatic carbocycles. The molecule has 0 saturated heterocycles. The maximum absolute atomic E-state index is 11.6. The first-order chi connectivity index (χ1) is 9.24. The van der Waals surface area contributed by atoms with Crippen LogP contribution >= 0.6 is 15.9 Å². The second kappa shape index (κ2) is 6.85. The molecular weight excluding hydrogens is 304 g/mol. The number of aromatic nitrogens is 1. The van der Waals surface area contributed by atoms with Crippen LogP contribution in [0.15, 0.2) is 59.2 Å². The van der Waals surface area contributed by atoms with E-state index in [1.165, 1.54) is 6.08 Å². The molecule has 1 N–H and O–H groups in total. The van der Waals surface area contributed by atoms with Gasteiger partial charge in [-0.15, -0.1) is 0 Å². The Kier molecular flexibility index (Phi) is 4.86. The zero-order valence-electron chi connectivity index (χ0n) is 10.2. The molecule has 4 heteroatoms. The van der Waals surface area contributed by atoms with Crippen molar-refractivity contribution in [2.45, 2.75) is 6.54 Å². The first-order valence-electron chi connectivity index (χ1n) is 5.85. The van der Waals surface area contributed by atoms with E-state index in [1.54, 1.807) is 12.3 Å². The summed E-state index contributed by atoms with van der Waals surface area (Å²) in [6.45, 7) is 0.433. The lowest BCUT2D eigenvalue weighted by Gasteiger charge is -2.01. The number of pyridine rings is 1. The maximum Gasteiger partial charge on any atom is 0.244 e. The van der Waals surface area contributed by atoms with Crippen LogP contribution in [0.5, 0.6) is 0 Å². The van der Waals surface area contributed by atoms with Crippen molar-refractivity contribution in [3.63, 3.8) is 0 Å². The SMILES string of the molecule is O=C(C=Cc1cccc(Br)c1)NCc1ccccn1. The Labute approximate surface area is 120 Å². The van der Waals surface area contributed by atoms with E-state index < -0.39 is 0 Å². The molecule has 0 saturated carbocycles. The Morgan fingerprint density at radius 2 is 2.16 bits per heavy atom. The molecule has 1 amide bonds. The Hall–Kier alpha value is -1.94. The number of carbonyl (C=O) groups is 1. The van der Waals surface area contributed by atoms with Crippen LogP contribution in [-0.2, 0) is 11.3 Å². The lowest BCUT2D eigenvalue weighted by Crippen LogP contribution is -2.20. The summed E-state index contributed by atoms with van der Waals surface area (Å²) >= 11 is 3.39. The highest BCUT2D eigenvalue weighted by atomic mass is 79.9. The molecule has 19 heavy (non-hydrogen) atoms. The highest BCUT2D eigenvalue weighted by Gasteiger charge is 1.97. The average Bonchev–Trinajstić information content (AvgIpc) is 2.44. The summed E-state index contributed by atoms with van der Waals surface area (Å²) in [6, 6.07) is 13.4. The van der Waals surface area contributed by atoms with Crippen LogP contribution in [0.25, 0.3) is 6.08 Å². The van der Waals surface area contributed by atoms with Gasteiger partial charge in [0, 0.05) is 16.7 Å². The third kappa shape index (κ3) is 4.67. The quantitative estimate of drug-likeness (QED) is 0.880. The second-order valence-electron chi connectivity index (χ2n) is 3.93. The van der Waals surface area contributed by atoms with Crippen molar-refractivity contribution < 1.29 is 4.79 Å². The van der Waals surface area contributed by atoms with Crippen molar-refractivity contribution in [1.29, 1.82) is 0 Å². The van der Waals surface area contributed by atoms with Gasteiger partial charge in [-0.05, 0) is 35.9 Å². The first-order valence-corrected chi connectivity index (χ1v) is 6.65. The smallest absolute Gasteiger partial charge is 0.244 e. The van der Waals surface area contributed by atoms with Gasteiger partial charge in [-0.1, -0.05) is 34.1 Å². The number of hydrogen-bond acceptors (Lipinski definition) is 2. The van der Waals surface area contributed by atoms with E-state index in [2.05, 4.69) is 26.2 Å². The number of nitrogens with zero attached hydrogens (tertiary/aromatic N) is 1. The molecular formula is C15H13BrN2O. The minimum atomic E-state index is -0.134. The molecule has 0 fully saturated rings. The van der Waals surface area contributed by atoms with E-state index >= 15 is 0 Å². The fourth-order valence-corrected chi connectivity index (χ4v) is 1.94. The number of halogens is 1. The Morgan fingerprint density at radius 3 is 2.89 bits per heavy atom. The van der Waals surface area contributed by atoms with Crippen molar-refractivity contribution >= 4 is 27.9 Å². The van der Waals surface area contributed by atoms with Gasteiger partial charge < -0.3 is 5.32 Å². The van der Waals surface area contributed by atoms with Gasteiger partial charge in [0.2, 0.25) is 5.91 Å². The van der Waals surface area contributed by atoms with E-state index in [0.717, 1.165) is 15.7 Å². The van der Waals surface area contributed by atoms with Crippen LogP contribution in [-0.4, -0.2) is 10.9 Å². The van der Waals surface area contributed by atoms with Crippen LogP contribution in [0.4, 0.5) is 0 Å². The molecule has 0 aliphatic rings. The Balaban J connectivity index is 1.88. The molecule has 2 aromatic rings. The van der Waals surface area contributed by atoms with E-state index in [1.807, 2.05) is 42.5 Å². The predicted octanol–water partition coefficient (Wildman–Crippen LogP) is 3.17. The predicted molar refractivity (Wildman–Crippen MR) is 79.3 cm³/mol. The van der Waals surface area contributed by atoms with Gasteiger partial charge in [-0.3, -0.25) is 9.78 Å². The van der Waals surface area contributed by atoms with Crippen molar-refractivity contribution in [3.8, 4) is 0 Å². The van der Waals surface area contributed by atoms with E-state index in [9.17, 15) is 4.79 Å². The molecule has 0 radical (unpaired) electrons. The van der Waals surface area contributed by atoms with Crippen molar-refractivity contribution in [2.24, 2.45) is 0 Å². The molecule has 1 heterocycles. The van der Waals surface area contributed by atoms with Crippen molar-refractivity contribution in [2.75, 3.05) is 0 Å². The summed E-state index contributed by atoms with van der Waals surface area (Å²) in [4.78, 5) is 15.8. The topological polar surface area (TPSA) is 42.0 Å². The first kappa shape index (κ1) is 13.5. The number of hydrogen-bond donors (Lipinski definition) is 1. The van der Waals surface area contributed by atoms with Gasteiger partial charge >= 0.3 is 0 Å². The molecule has 0 atom stereocenters. The van der Waals surface area contributed by atoms with Gasteiger partial charge in [-0.2, -0.15) is 0 Å². The zero-order valence-corrected chi connectivity index (χ0v) is 11.8. The third-order valence-corrected chi connectivity index (χ3v) is 2.94. The maximum atomic E-state index is 11.6. The van der Waals surface area contributed by atoms with Gasteiger partial charge in [0.1, 0.15) is 0 Å². The molecule has 0 unspecified atom stereocenters. The highest BCUT2D eigenvalue weighted by molar-refractivity contribution is 9.10. The van der Waals surface area contributed by atoms with Crippen molar-refractivity contribution in [1.82, 2.24) is 10.3 Å². The lowest BCUT2D eigenvalue weighted by molar-refractivity contribution is -0.116. The zero-order chi connectivity index (χ0) is 13.5. The molecule has 0 aliphatic heterocycles.